The minimum absolute atomic E-state index is 0. The molecule has 126 valence electrons. The van der Waals surface area contributed by atoms with Crippen molar-refractivity contribution in [3.05, 3.63) is 66.9 Å². The van der Waals surface area contributed by atoms with E-state index < -0.39 is 0 Å². The normalized spacial score (nSPS) is 12.3. The first-order valence-corrected chi connectivity index (χ1v) is 7.83. The van der Waals surface area contributed by atoms with Gasteiger partial charge in [-0.05, 0) is 43.0 Å². The van der Waals surface area contributed by atoms with Crippen LogP contribution in [-0.2, 0) is 0 Å². The van der Waals surface area contributed by atoms with E-state index in [0.29, 0.717) is 11.6 Å². The predicted octanol–water partition coefficient (Wildman–Crippen LogP) is 0.0124. The Kier molecular flexibility index (Phi) is 9.78. The maximum absolute atomic E-state index is 12.2. The third-order valence-corrected chi connectivity index (χ3v) is 3.61. The summed E-state index contributed by atoms with van der Waals surface area (Å²) in [6.45, 7) is 10.6. The summed E-state index contributed by atoms with van der Waals surface area (Å²) in [5.74, 6) is -0.0141. The first-order chi connectivity index (χ1) is 11.6. The molecular formula is C20H21KN2O2-2. The standard InChI is InChI=1S/C18H16N2O.C2H5O.K/c1-3-13-8-15(11-19-10-13)17-9-14(5-4-12(17)2)18(21)20-16-6-7-16;1-2-3;/h1,3-5,8-9,11,16H,6-7H2,2H3,(H,20,21);3H,1-2H2;/q-2;-1;+1. The molecular weight excluding hydrogens is 339 g/mol. The molecule has 0 bridgehead atoms. The Balaban J connectivity index is 0.000000730. The van der Waals surface area contributed by atoms with Gasteiger partial charge in [-0.3, -0.25) is 10.4 Å². The summed E-state index contributed by atoms with van der Waals surface area (Å²) in [6, 6.07) is 7.99. The van der Waals surface area contributed by atoms with Gasteiger partial charge in [0.1, 0.15) is 0 Å². The average Bonchev–Trinajstić information content (AvgIpc) is 3.40. The fourth-order valence-electron chi connectivity index (χ4n) is 2.22. The maximum atomic E-state index is 12.2. The van der Waals surface area contributed by atoms with Crippen molar-refractivity contribution in [1.82, 2.24) is 10.3 Å². The van der Waals surface area contributed by atoms with Crippen LogP contribution in [0.15, 0.2) is 30.5 Å². The summed E-state index contributed by atoms with van der Waals surface area (Å²) in [6.07, 6.45) is 8.18. The first kappa shape index (κ1) is 22.2. The molecule has 25 heavy (non-hydrogen) atoms. The van der Waals surface area contributed by atoms with E-state index in [1.807, 2.05) is 31.2 Å². The molecule has 5 heteroatoms. The average molecular weight is 360 g/mol. The van der Waals surface area contributed by atoms with E-state index in [4.69, 9.17) is 11.7 Å². The molecule has 1 aliphatic rings. The zero-order valence-corrected chi connectivity index (χ0v) is 17.9. The van der Waals surface area contributed by atoms with Gasteiger partial charge in [-0.25, -0.2) is 6.07 Å². The monoisotopic (exact) mass is 360 g/mol. The quantitative estimate of drug-likeness (QED) is 0.597. The Morgan fingerprint density at radius 2 is 2.16 bits per heavy atom. The number of carbonyl (C=O) groups is 1. The Morgan fingerprint density at radius 1 is 1.48 bits per heavy atom. The van der Waals surface area contributed by atoms with Crippen LogP contribution >= 0.6 is 0 Å². The number of nitrogens with zero attached hydrogens (tertiary/aromatic N) is 1. The summed E-state index contributed by atoms with van der Waals surface area (Å²) in [4.78, 5) is 16.2. The van der Waals surface area contributed by atoms with E-state index in [-0.39, 0.29) is 63.9 Å². The smallest absolute Gasteiger partial charge is 0.428 e. The number of aryl methyl sites for hydroxylation is 1. The summed E-state index contributed by atoms with van der Waals surface area (Å²) in [5, 5.41) is 10.5. The van der Waals surface area contributed by atoms with Crippen LogP contribution in [0.5, 0.6) is 0 Å². The molecule has 2 aromatic rings. The molecule has 0 spiro atoms. The Labute approximate surface area is 192 Å². The van der Waals surface area contributed by atoms with Crippen molar-refractivity contribution in [2.45, 2.75) is 25.8 Å². The zero-order chi connectivity index (χ0) is 17.5. The molecule has 3 rings (SSSR count). The Hall–Kier alpha value is -0.824. The molecule has 0 unspecified atom stereocenters. The number of benzene rings is 1. The van der Waals surface area contributed by atoms with E-state index >= 15 is 0 Å². The van der Waals surface area contributed by atoms with Crippen LogP contribution < -0.4 is 56.7 Å². The van der Waals surface area contributed by atoms with Crippen LogP contribution in [-0.4, -0.2) is 28.6 Å². The topological polar surface area (TPSA) is 62.2 Å². The number of aliphatic hydroxyl groups is 1. The third kappa shape index (κ3) is 6.77. The van der Waals surface area contributed by atoms with E-state index in [1.165, 1.54) is 6.08 Å². The third-order valence-electron chi connectivity index (χ3n) is 3.61. The summed E-state index contributed by atoms with van der Waals surface area (Å²) < 4.78 is 0. The van der Waals surface area contributed by atoms with Crippen LogP contribution in [0.4, 0.5) is 0 Å². The number of nitrogens with one attached hydrogen (secondary N) is 1. The van der Waals surface area contributed by atoms with Gasteiger partial charge in [0, 0.05) is 11.6 Å². The number of pyridine rings is 1. The van der Waals surface area contributed by atoms with Crippen molar-refractivity contribution in [3.63, 3.8) is 0 Å². The molecule has 1 aromatic heterocycles. The van der Waals surface area contributed by atoms with Crippen LogP contribution in [0.25, 0.3) is 17.2 Å². The van der Waals surface area contributed by atoms with E-state index in [0.717, 1.165) is 35.1 Å². The van der Waals surface area contributed by atoms with Gasteiger partial charge in [0.05, 0.1) is 0 Å². The van der Waals surface area contributed by atoms with Gasteiger partial charge in [-0.15, -0.1) is 11.8 Å². The van der Waals surface area contributed by atoms with E-state index in [2.05, 4.69) is 23.4 Å². The molecule has 0 aliphatic heterocycles. The maximum Gasteiger partial charge on any atom is 1.00 e. The fraction of sp³-hybridized carbons (Fsp3) is 0.250. The molecule has 0 saturated heterocycles. The van der Waals surface area contributed by atoms with Crippen LogP contribution in [0.1, 0.15) is 34.3 Å². The Bertz CT molecular complexity index is 727. The fourth-order valence-corrected chi connectivity index (χ4v) is 2.22. The molecule has 4 nitrogen and oxygen atoms in total. The molecule has 1 saturated carbocycles. The largest absolute Gasteiger partial charge is 1.00 e. The first-order valence-electron chi connectivity index (χ1n) is 7.83. The number of rotatable bonds is 4. The van der Waals surface area contributed by atoms with Gasteiger partial charge in [-0.1, -0.05) is 18.9 Å². The van der Waals surface area contributed by atoms with Gasteiger partial charge in [0.15, 0.2) is 0 Å². The molecule has 1 aromatic carbocycles. The number of amides is 1. The van der Waals surface area contributed by atoms with Gasteiger partial charge >= 0.3 is 51.4 Å². The summed E-state index contributed by atoms with van der Waals surface area (Å²) >= 11 is 0. The predicted molar refractivity (Wildman–Crippen MR) is 94.9 cm³/mol. The Morgan fingerprint density at radius 3 is 2.76 bits per heavy atom. The molecule has 1 aliphatic carbocycles. The van der Waals surface area contributed by atoms with Gasteiger partial charge in [0.25, 0.3) is 5.91 Å². The van der Waals surface area contributed by atoms with Crippen molar-refractivity contribution in [2.75, 3.05) is 6.61 Å². The molecule has 0 radical (unpaired) electrons. The van der Waals surface area contributed by atoms with E-state index in [9.17, 15) is 4.79 Å². The van der Waals surface area contributed by atoms with Crippen LogP contribution in [0.2, 0.25) is 0 Å². The van der Waals surface area contributed by atoms with Crippen LogP contribution in [0, 0.1) is 26.6 Å². The number of aliphatic hydroxyl groups excluding tert-OH is 1. The second-order valence-electron chi connectivity index (χ2n) is 5.59. The number of hydrogen-bond acceptors (Lipinski definition) is 3. The molecule has 2 N–H and O–H groups in total. The number of aromatic nitrogens is 1. The number of carbonyl (C=O) groups excluding carboxylic acids is 1. The SMILES string of the molecule is [CH-]=Cc1[c-]ncc(-c2cc(C(=O)NC3CC3)ccc2C)c1.[CH2-]CO.[K+]. The molecule has 1 amide bonds. The molecule has 1 fully saturated rings. The van der Waals surface area contributed by atoms with Crippen molar-refractivity contribution in [3.8, 4) is 11.1 Å². The van der Waals surface area contributed by atoms with E-state index in [1.54, 1.807) is 6.20 Å². The van der Waals surface area contributed by atoms with Crippen molar-refractivity contribution in [2.24, 2.45) is 0 Å². The summed E-state index contributed by atoms with van der Waals surface area (Å²) in [7, 11) is 0. The van der Waals surface area contributed by atoms with Crippen LogP contribution in [0.3, 0.4) is 0 Å². The minimum Gasteiger partial charge on any atom is -0.428 e. The minimum atomic E-state index is -0.0141. The molecule has 0 atom stereocenters. The molecule has 1 heterocycles. The van der Waals surface area contributed by atoms with Crippen molar-refractivity contribution < 1.29 is 61.3 Å². The summed E-state index contributed by atoms with van der Waals surface area (Å²) in [5.41, 5.74) is 4.43. The number of hydrogen-bond donors (Lipinski definition) is 2. The van der Waals surface area contributed by atoms with Gasteiger partial charge in [0.2, 0.25) is 0 Å². The second-order valence-corrected chi connectivity index (χ2v) is 5.59. The van der Waals surface area contributed by atoms with Crippen molar-refractivity contribution in [1.29, 1.82) is 0 Å². The van der Waals surface area contributed by atoms with Crippen molar-refractivity contribution >= 4 is 12.0 Å². The second kappa shape index (κ2) is 11.0. The zero-order valence-electron chi connectivity index (χ0n) is 14.7. The van der Waals surface area contributed by atoms with Gasteiger partial charge < -0.3 is 35.0 Å². The van der Waals surface area contributed by atoms with Gasteiger partial charge in [-0.2, -0.15) is 0 Å².